The Hall–Kier alpha value is -1.00. The summed E-state index contributed by atoms with van der Waals surface area (Å²) in [4.78, 5) is 0. The number of nitrogens with zero attached hydrogens (tertiary/aromatic N) is 2. The zero-order chi connectivity index (χ0) is 13.3. The summed E-state index contributed by atoms with van der Waals surface area (Å²) in [6.07, 6.45) is 0. The highest BCUT2D eigenvalue weighted by atomic mass is 79.9. The summed E-state index contributed by atoms with van der Waals surface area (Å²) < 4.78 is 2.88. The number of anilines is 1. The van der Waals surface area contributed by atoms with E-state index in [1.807, 2.05) is 24.7 Å². The number of aryl methyl sites for hydroxylation is 3. The van der Waals surface area contributed by atoms with Crippen molar-refractivity contribution in [3.8, 4) is 0 Å². The van der Waals surface area contributed by atoms with Crippen LogP contribution in [-0.4, -0.2) is 9.78 Å². The summed E-state index contributed by atoms with van der Waals surface area (Å²) in [5.74, 6) is 0. The van der Waals surface area contributed by atoms with E-state index in [1.54, 1.807) is 0 Å². The monoisotopic (exact) mass is 327 g/mol. The largest absolute Gasteiger partial charge is 0.379 e. The van der Waals surface area contributed by atoms with E-state index in [0.29, 0.717) is 6.54 Å². The smallest absolute Gasteiger partial charge is 0.0865 e. The minimum Gasteiger partial charge on any atom is -0.379 e. The molecule has 2 rings (SSSR count). The molecule has 0 aliphatic heterocycles. The summed E-state index contributed by atoms with van der Waals surface area (Å²) in [6.45, 7) is 4.64. The molecule has 0 aliphatic rings. The molecule has 3 nitrogen and oxygen atoms in total. The average molecular weight is 329 g/mol. The maximum Gasteiger partial charge on any atom is 0.0865 e. The lowest BCUT2D eigenvalue weighted by atomic mass is 10.2. The Morgan fingerprint density at radius 1 is 1.33 bits per heavy atom. The van der Waals surface area contributed by atoms with Gasteiger partial charge in [-0.3, -0.25) is 4.68 Å². The van der Waals surface area contributed by atoms with E-state index >= 15 is 0 Å². The van der Waals surface area contributed by atoms with E-state index in [4.69, 9.17) is 11.6 Å². The quantitative estimate of drug-likeness (QED) is 0.920. The zero-order valence-corrected chi connectivity index (χ0v) is 12.9. The van der Waals surface area contributed by atoms with Crippen LogP contribution in [0.25, 0.3) is 0 Å². The Morgan fingerprint density at radius 2 is 2.06 bits per heavy atom. The first-order valence-corrected chi connectivity index (χ1v) is 6.83. The third-order valence-electron chi connectivity index (χ3n) is 2.76. The Morgan fingerprint density at radius 3 is 2.61 bits per heavy atom. The standard InChI is InChI=1S/C13H15BrClN3/c1-8-4-10(14)6-11(5-8)16-7-12-13(15)9(2)17-18(12)3/h4-6,16H,7H2,1-3H3. The minimum absolute atomic E-state index is 0.659. The first-order chi connectivity index (χ1) is 8.47. The molecule has 0 amide bonds. The third kappa shape index (κ3) is 2.87. The third-order valence-corrected chi connectivity index (χ3v) is 3.71. The topological polar surface area (TPSA) is 29.9 Å². The summed E-state index contributed by atoms with van der Waals surface area (Å²) in [5.41, 5.74) is 4.13. The lowest BCUT2D eigenvalue weighted by Gasteiger charge is -2.09. The number of rotatable bonds is 3. The Labute approximate surface area is 120 Å². The lowest BCUT2D eigenvalue weighted by molar-refractivity contribution is 0.713. The number of hydrogen-bond donors (Lipinski definition) is 1. The molecule has 0 bridgehead atoms. The number of aromatic nitrogens is 2. The minimum atomic E-state index is 0.659. The fourth-order valence-electron chi connectivity index (χ4n) is 1.90. The van der Waals surface area contributed by atoms with Gasteiger partial charge in [-0.2, -0.15) is 5.10 Å². The highest BCUT2D eigenvalue weighted by Gasteiger charge is 2.10. The van der Waals surface area contributed by atoms with Crippen molar-refractivity contribution in [2.24, 2.45) is 7.05 Å². The molecule has 18 heavy (non-hydrogen) atoms. The van der Waals surface area contributed by atoms with Gasteiger partial charge < -0.3 is 5.32 Å². The fraction of sp³-hybridized carbons (Fsp3) is 0.308. The first kappa shape index (κ1) is 13.4. The molecule has 0 unspecified atom stereocenters. The van der Waals surface area contributed by atoms with Gasteiger partial charge >= 0.3 is 0 Å². The van der Waals surface area contributed by atoms with Crippen molar-refractivity contribution >= 4 is 33.2 Å². The van der Waals surface area contributed by atoms with Gasteiger partial charge in [-0.1, -0.05) is 27.5 Å². The van der Waals surface area contributed by atoms with Gasteiger partial charge in [-0.05, 0) is 37.6 Å². The van der Waals surface area contributed by atoms with Crippen molar-refractivity contribution in [3.05, 3.63) is 44.6 Å². The van der Waals surface area contributed by atoms with Crippen LogP contribution in [0, 0.1) is 13.8 Å². The van der Waals surface area contributed by atoms with Crippen LogP contribution in [0.5, 0.6) is 0 Å². The summed E-state index contributed by atoms with van der Waals surface area (Å²) in [6, 6.07) is 6.22. The van der Waals surface area contributed by atoms with Crippen molar-refractivity contribution in [2.75, 3.05) is 5.32 Å². The lowest BCUT2D eigenvalue weighted by Crippen LogP contribution is -2.06. The van der Waals surface area contributed by atoms with Crippen LogP contribution in [0.4, 0.5) is 5.69 Å². The molecule has 1 heterocycles. The molecule has 1 N–H and O–H groups in total. The van der Waals surface area contributed by atoms with Crippen LogP contribution in [0.3, 0.4) is 0 Å². The molecule has 5 heteroatoms. The summed E-state index contributed by atoms with van der Waals surface area (Å²) in [5, 5.41) is 8.39. The second-order valence-electron chi connectivity index (χ2n) is 4.34. The zero-order valence-electron chi connectivity index (χ0n) is 10.6. The van der Waals surface area contributed by atoms with Crippen molar-refractivity contribution < 1.29 is 0 Å². The van der Waals surface area contributed by atoms with Crippen LogP contribution < -0.4 is 5.32 Å². The van der Waals surface area contributed by atoms with Gasteiger partial charge in [0.25, 0.3) is 0 Å². The van der Waals surface area contributed by atoms with Crippen molar-refractivity contribution in [1.29, 1.82) is 0 Å². The van der Waals surface area contributed by atoms with Crippen LogP contribution >= 0.6 is 27.5 Å². The molecule has 96 valence electrons. The first-order valence-electron chi connectivity index (χ1n) is 5.66. The Balaban J connectivity index is 2.16. The Bertz CT molecular complexity index is 558. The van der Waals surface area contributed by atoms with E-state index in [0.717, 1.165) is 26.6 Å². The van der Waals surface area contributed by atoms with Crippen molar-refractivity contribution in [3.63, 3.8) is 0 Å². The van der Waals surface area contributed by atoms with Gasteiger partial charge in [0.05, 0.1) is 23.0 Å². The molecule has 1 aromatic heterocycles. The molecular weight excluding hydrogens is 314 g/mol. The molecule has 0 fully saturated rings. The van der Waals surface area contributed by atoms with E-state index in [2.05, 4.69) is 45.4 Å². The summed E-state index contributed by atoms with van der Waals surface area (Å²) in [7, 11) is 1.90. The normalized spacial score (nSPS) is 10.7. The number of hydrogen-bond acceptors (Lipinski definition) is 2. The van der Waals surface area contributed by atoms with E-state index in [1.165, 1.54) is 5.56 Å². The molecule has 1 aromatic carbocycles. The second kappa shape index (κ2) is 5.33. The SMILES string of the molecule is Cc1cc(Br)cc(NCc2c(Cl)c(C)nn2C)c1. The molecule has 0 atom stereocenters. The van der Waals surface area contributed by atoms with Crippen molar-refractivity contribution in [1.82, 2.24) is 9.78 Å². The van der Waals surface area contributed by atoms with Crippen LogP contribution in [0.15, 0.2) is 22.7 Å². The van der Waals surface area contributed by atoms with Gasteiger partial charge in [0.1, 0.15) is 0 Å². The highest BCUT2D eigenvalue weighted by Crippen LogP contribution is 2.23. The van der Waals surface area contributed by atoms with E-state index in [9.17, 15) is 0 Å². The number of nitrogens with one attached hydrogen (secondary N) is 1. The average Bonchev–Trinajstić information content (AvgIpc) is 2.50. The number of benzene rings is 1. The van der Waals surface area contributed by atoms with E-state index < -0.39 is 0 Å². The maximum absolute atomic E-state index is 6.21. The molecule has 0 spiro atoms. The Kier molecular flexibility index (Phi) is 3.97. The molecule has 0 radical (unpaired) electrons. The van der Waals surface area contributed by atoms with Gasteiger partial charge in [0.2, 0.25) is 0 Å². The van der Waals surface area contributed by atoms with Crippen LogP contribution in [-0.2, 0) is 13.6 Å². The maximum atomic E-state index is 6.21. The highest BCUT2D eigenvalue weighted by molar-refractivity contribution is 9.10. The molecule has 0 aliphatic carbocycles. The fourth-order valence-corrected chi connectivity index (χ4v) is 2.73. The van der Waals surface area contributed by atoms with E-state index in [-0.39, 0.29) is 0 Å². The molecular formula is C13H15BrClN3. The predicted octanol–water partition coefficient (Wildman–Crippen LogP) is 4.06. The van der Waals surface area contributed by atoms with Gasteiger partial charge in [-0.15, -0.1) is 0 Å². The molecule has 0 saturated carbocycles. The summed E-state index contributed by atoms with van der Waals surface area (Å²) >= 11 is 9.70. The molecule has 2 aromatic rings. The van der Waals surface area contributed by atoms with Gasteiger partial charge in [-0.25, -0.2) is 0 Å². The van der Waals surface area contributed by atoms with Crippen LogP contribution in [0.2, 0.25) is 5.02 Å². The number of halogens is 2. The molecule has 0 saturated heterocycles. The predicted molar refractivity (Wildman–Crippen MR) is 79.2 cm³/mol. The van der Waals surface area contributed by atoms with Crippen molar-refractivity contribution in [2.45, 2.75) is 20.4 Å². The van der Waals surface area contributed by atoms with Gasteiger partial charge in [0, 0.05) is 17.2 Å². The van der Waals surface area contributed by atoms with Crippen LogP contribution in [0.1, 0.15) is 17.0 Å². The van der Waals surface area contributed by atoms with Gasteiger partial charge in [0.15, 0.2) is 0 Å². The second-order valence-corrected chi connectivity index (χ2v) is 5.63.